The molecule has 2 aromatic rings. The largest absolute Gasteiger partial charge is 0.300 e. The highest BCUT2D eigenvalue weighted by Crippen LogP contribution is 2.23. The second kappa shape index (κ2) is 3.42. The zero-order chi connectivity index (χ0) is 11.1. The molecule has 2 heterocycles. The molecule has 0 radical (unpaired) electrons. The second-order valence-corrected chi connectivity index (χ2v) is 5.97. The Balaban J connectivity index is 2.60. The van der Waals surface area contributed by atoms with Crippen molar-refractivity contribution < 1.29 is 8.42 Å². The Kier molecular flexibility index (Phi) is 2.35. The Morgan fingerprint density at radius 2 is 2.13 bits per heavy atom. The molecule has 0 N–H and O–H groups in total. The maximum atomic E-state index is 11.3. The van der Waals surface area contributed by atoms with E-state index in [9.17, 15) is 8.42 Å². The van der Waals surface area contributed by atoms with Crippen LogP contribution in [0.3, 0.4) is 0 Å². The minimum Gasteiger partial charge on any atom is -0.300 e. The number of rotatable bonds is 2. The minimum absolute atomic E-state index is 0.00843. The fourth-order valence-electron chi connectivity index (χ4n) is 1.26. The van der Waals surface area contributed by atoms with E-state index in [0.717, 1.165) is 11.1 Å². The number of hydrogen-bond acceptors (Lipinski definition) is 5. The van der Waals surface area contributed by atoms with E-state index < -0.39 is 9.84 Å². The Morgan fingerprint density at radius 3 is 2.60 bits per heavy atom. The Hall–Kier alpha value is -1.21. The minimum atomic E-state index is -3.31. The van der Waals surface area contributed by atoms with Gasteiger partial charge < -0.3 is 4.57 Å². The van der Waals surface area contributed by atoms with Gasteiger partial charge in [-0.3, -0.25) is 0 Å². The van der Waals surface area contributed by atoms with Crippen LogP contribution in [0.25, 0.3) is 10.7 Å². The van der Waals surface area contributed by atoms with Crippen LogP contribution in [0.4, 0.5) is 0 Å². The van der Waals surface area contributed by atoms with Crippen molar-refractivity contribution in [3.05, 3.63) is 17.5 Å². The molecule has 0 bridgehead atoms. The summed E-state index contributed by atoms with van der Waals surface area (Å²) in [5.41, 5.74) is 0. The monoisotopic (exact) mass is 243 g/mol. The van der Waals surface area contributed by atoms with Crippen LogP contribution in [0.1, 0.15) is 0 Å². The molecule has 0 aromatic carbocycles. The van der Waals surface area contributed by atoms with Gasteiger partial charge in [0.25, 0.3) is 0 Å². The molecule has 0 amide bonds. The van der Waals surface area contributed by atoms with Crippen LogP contribution in [-0.2, 0) is 16.9 Å². The molecule has 5 nitrogen and oxygen atoms in total. The first kappa shape index (κ1) is 10.3. The first-order valence-corrected chi connectivity index (χ1v) is 6.90. The highest BCUT2D eigenvalue weighted by atomic mass is 32.2. The van der Waals surface area contributed by atoms with Gasteiger partial charge in [0.05, 0.1) is 4.88 Å². The van der Waals surface area contributed by atoms with Crippen LogP contribution in [-0.4, -0.2) is 29.4 Å². The van der Waals surface area contributed by atoms with Gasteiger partial charge in [-0.15, -0.1) is 21.5 Å². The van der Waals surface area contributed by atoms with Crippen molar-refractivity contribution in [2.24, 2.45) is 7.05 Å². The predicted octanol–water partition coefficient (Wildman–Crippen LogP) is 0.947. The van der Waals surface area contributed by atoms with Crippen molar-refractivity contribution in [1.29, 1.82) is 0 Å². The number of nitrogens with zero attached hydrogens (tertiary/aromatic N) is 3. The summed E-state index contributed by atoms with van der Waals surface area (Å²) in [6.45, 7) is 0. The molecule has 7 heteroatoms. The van der Waals surface area contributed by atoms with Crippen LogP contribution in [0.5, 0.6) is 0 Å². The molecule has 0 atom stereocenters. The summed E-state index contributed by atoms with van der Waals surface area (Å²) in [4.78, 5) is 0.903. The van der Waals surface area contributed by atoms with Crippen LogP contribution >= 0.6 is 11.3 Å². The van der Waals surface area contributed by atoms with Crippen molar-refractivity contribution in [2.75, 3.05) is 6.26 Å². The van der Waals surface area contributed by atoms with Crippen molar-refractivity contribution in [2.45, 2.75) is 5.16 Å². The molecule has 0 unspecified atom stereocenters. The fourth-order valence-corrected chi connectivity index (χ4v) is 2.78. The lowest BCUT2D eigenvalue weighted by molar-refractivity contribution is 0.584. The number of aromatic nitrogens is 3. The second-order valence-electron chi connectivity index (χ2n) is 3.11. The molecule has 2 aromatic heterocycles. The lowest BCUT2D eigenvalue weighted by Gasteiger charge is -1.99. The van der Waals surface area contributed by atoms with Crippen molar-refractivity contribution in [1.82, 2.24) is 14.8 Å². The molecule has 0 fully saturated rings. The number of hydrogen-bond donors (Lipinski definition) is 0. The number of sulfone groups is 1. The van der Waals surface area contributed by atoms with Crippen molar-refractivity contribution >= 4 is 21.2 Å². The van der Waals surface area contributed by atoms with Gasteiger partial charge in [0.15, 0.2) is 5.82 Å². The van der Waals surface area contributed by atoms with Gasteiger partial charge in [-0.2, -0.15) is 0 Å². The lowest BCUT2D eigenvalue weighted by atomic mass is 10.4. The molecular weight excluding hydrogens is 234 g/mol. The quantitative estimate of drug-likeness (QED) is 0.787. The molecule has 0 aliphatic carbocycles. The van der Waals surface area contributed by atoms with Gasteiger partial charge in [-0.1, -0.05) is 6.07 Å². The summed E-state index contributed by atoms with van der Waals surface area (Å²) in [5, 5.41) is 9.44. The SMILES string of the molecule is Cn1c(-c2cccs2)nnc1S(C)(=O)=O. The topological polar surface area (TPSA) is 64.8 Å². The number of thiophene rings is 1. The van der Waals surface area contributed by atoms with Gasteiger partial charge in [-0.05, 0) is 11.4 Å². The summed E-state index contributed by atoms with van der Waals surface area (Å²) in [6, 6.07) is 3.76. The summed E-state index contributed by atoms with van der Waals surface area (Å²) in [5.74, 6) is 0.574. The van der Waals surface area contributed by atoms with Gasteiger partial charge in [0.2, 0.25) is 15.0 Å². The van der Waals surface area contributed by atoms with Gasteiger partial charge in [0, 0.05) is 13.3 Å². The highest BCUT2D eigenvalue weighted by molar-refractivity contribution is 7.90. The van der Waals surface area contributed by atoms with E-state index in [1.54, 1.807) is 7.05 Å². The van der Waals surface area contributed by atoms with Crippen LogP contribution in [0, 0.1) is 0 Å². The maximum absolute atomic E-state index is 11.3. The van der Waals surface area contributed by atoms with Crippen LogP contribution in [0.15, 0.2) is 22.7 Å². The first-order valence-electron chi connectivity index (χ1n) is 4.13. The molecule has 80 valence electrons. The zero-order valence-electron chi connectivity index (χ0n) is 8.21. The summed E-state index contributed by atoms with van der Waals surface area (Å²) in [6.07, 6.45) is 1.12. The summed E-state index contributed by atoms with van der Waals surface area (Å²) < 4.78 is 24.1. The predicted molar refractivity (Wildman–Crippen MR) is 57.4 cm³/mol. The highest BCUT2D eigenvalue weighted by Gasteiger charge is 2.18. The lowest BCUT2D eigenvalue weighted by Crippen LogP contribution is -2.06. The van der Waals surface area contributed by atoms with Gasteiger partial charge >= 0.3 is 0 Å². The molecule has 0 saturated heterocycles. The standard InChI is InChI=1S/C8H9N3O2S2/c1-11-7(6-4-3-5-14-6)9-10-8(11)15(2,12)13/h3-5H,1-2H3. The fraction of sp³-hybridized carbons (Fsp3) is 0.250. The van der Waals surface area contributed by atoms with E-state index in [1.807, 2.05) is 17.5 Å². The average molecular weight is 243 g/mol. The molecular formula is C8H9N3O2S2. The summed E-state index contributed by atoms with van der Waals surface area (Å²) >= 11 is 1.50. The molecule has 2 rings (SSSR count). The Bertz CT molecular complexity index is 569. The summed E-state index contributed by atoms with van der Waals surface area (Å²) in [7, 11) is -1.67. The van der Waals surface area contributed by atoms with E-state index >= 15 is 0 Å². The third kappa shape index (κ3) is 1.80. The Morgan fingerprint density at radius 1 is 1.40 bits per heavy atom. The zero-order valence-corrected chi connectivity index (χ0v) is 9.84. The van der Waals surface area contributed by atoms with E-state index in [4.69, 9.17) is 0 Å². The molecule has 0 saturated carbocycles. The van der Waals surface area contributed by atoms with Crippen LogP contribution < -0.4 is 0 Å². The first-order chi connectivity index (χ1) is 7.00. The third-order valence-corrected chi connectivity index (χ3v) is 3.79. The molecule has 0 aliphatic rings. The van der Waals surface area contributed by atoms with Crippen molar-refractivity contribution in [3.63, 3.8) is 0 Å². The maximum Gasteiger partial charge on any atom is 0.249 e. The van der Waals surface area contributed by atoms with E-state index in [-0.39, 0.29) is 5.16 Å². The van der Waals surface area contributed by atoms with Gasteiger partial charge in [-0.25, -0.2) is 8.42 Å². The molecule has 0 aliphatic heterocycles. The van der Waals surface area contributed by atoms with Gasteiger partial charge in [0.1, 0.15) is 0 Å². The third-order valence-electron chi connectivity index (χ3n) is 1.91. The van der Waals surface area contributed by atoms with Crippen LogP contribution in [0.2, 0.25) is 0 Å². The smallest absolute Gasteiger partial charge is 0.249 e. The van der Waals surface area contributed by atoms with E-state index in [0.29, 0.717) is 5.82 Å². The van der Waals surface area contributed by atoms with E-state index in [1.165, 1.54) is 15.9 Å². The normalized spacial score (nSPS) is 11.9. The van der Waals surface area contributed by atoms with Crippen molar-refractivity contribution in [3.8, 4) is 10.7 Å². The average Bonchev–Trinajstić information content (AvgIpc) is 2.69. The van der Waals surface area contributed by atoms with E-state index in [2.05, 4.69) is 10.2 Å². The Labute approximate surface area is 91.3 Å². The molecule has 0 spiro atoms. The molecule has 15 heavy (non-hydrogen) atoms.